The van der Waals surface area contributed by atoms with Crippen molar-refractivity contribution in [3.05, 3.63) is 22.5 Å². The summed E-state index contributed by atoms with van der Waals surface area (Å²) in [6.07, 6.45) is -0.448. The molecule has 0 aliphatic heterocycles. The number of carbonyl (C=O) groups is 2. The summed E-state index contributed by atoms with van der Waals surface area (Å²) in [6.45, 7) is 0. The normalized spacial score (nSPS) is 10.4. The first-order chi connectivity index (χ1) is 8.00. The smallest absolute Gasteiger partial charge is 0.411 e. The molecule has 0 aliphatic rings. The van der Waals surface area contributed by atoms with Crippen LogP contribution in [0.15, 0.2) is 11.1 Å². The maximum atomic E-state index is 11.5. The minimum absolute atomic E-state index is 0.105. The van der Waals surface area contributed by atoms with Crippen LogP contribution in [-0.2, 0) is 7.05 Å². The van der Waals surface area contributed by atoms with E-state index in [1.54, 1.807) is 5.32 Å². The average molecular weight is 238 g/mol. The monoisotopic (exact) mass is 238 g/mol. The lowest BCUT2D eigenvalue weighted by Crippen LogP contribution is -2.30. The Bertz CT molecular complexity index is 671. The molecule has 2 aromatic rings. The van der Waals surface area contributed by atoms with Crippen molar-refractivity contribution in [3.8, 4) is 0 Å². The van der Waals surface area contributed by atoms with Crippen molar-refractivity contribution < 1.29 is 14.7 Å². The third-order valence-corrected chi connectivity index (χ3v) is 1.93. The van der Waals surface area contributed by atoms with Crippen LogP contribution < -0.4 is 11.0 Å². The van der Waals surface area contributed by atoms with Gasteiger partial charge in [0, 0.05) is 7.05 Å². The third kappa shape index (κ3) is 1.71. The Morgan fingerprint density at radius 1 is 1.47 bits per heavy atom. The molecule has 10 heteroatoms. The van der Waals surface area contributed by atoms with E-state index in [1.807, 2.05) is 0 Å². The second kappa shape index (κ2) is 3.66. The summed E-state index contributed by atoms with van der Waals surface area (Å²) >= 11 is 0. The molecule has 0 saturated carbocycles. The fourth-order valence-corrected chi connectivity index (χ4v) is 1.20. The molecule has 0 saturated heterocycles. The van der Waals surface area contributed by atoms with Crippen molar-refractivity contribution in [1.82, 2.24) is 29.7 Å². The fourth-order valence-electron chi connectivity index (χ4n) is 1.20. The Morgan fingerprint density at radius 3 is 2.82 bits per heavy atom. The van der Waals surface area contributed by atoms with Crippen LogP contribution >= 0.6 is 0 Å². The second-order valence-corrected chi connectivity index (χ2v) is 3.04. The molecular formula is C7H6N6O4. The van der Waals surface area contributed by atoms with Crippen LogP contribution in [0.25, 0.3) is 5.65 Å². The van der Waals surface area contributed by atoms with Gasteiger partial charge in [0.05, 0.1) is 0 Å². The Hall–Kier alpha value is -2.78. The summed E-state index contributed by atoms with van der Waals surface area (Å²) in [5.74, 6) is -0.970. The lowest BCUT2D eigenvalue weighted by Gasteiger charge is -1.97. The van der Waals surface area contributed by atoms with Gasteiger partial charge in [-0.3, -0.25) is 10.1 Å². The molecule has 2 heterocycles. The highest BCUT2D eigenvalue weighted by Crippen LogP contribution is 2.01. The minimum atomic E-state index is -1.52. The summed E-state index contributed by atoms with van der Waals surface area (Å²) in [5, 5.41) is 17.0. The lowest BCUT2D eigenvalue weighted by molar-refractivity contribution is 0.0945. The van der Waals surface area contributed by atoms with Gasteiger partial charge < -0.3 is 5.11 Å². The molecule has 0 spiro atoms. The number of aryl methyl sites for hydroxylation is 1. The van der Waals surface area contributed by atoms with Crippen LogP contribution in [0, 0.1) is 0 Å². The maximum absolute atomic E-state index is 11.5. The molecule has 0 fully saturated rings. The fraction of sp³-hybridized carbons (Fsp3) is 0.143. The number of imidazole rings is 1. The van der Waals surface area contributed by atoms with E-state index in [2.05, 4.69) is 15.3 Å². The van der Waals surface area contributed by atoms with E-state index in [4.69, 9.17) is 5.11 Å². The number of fused-ring (bicyclic) bond motifs is 1. The van der Waals surface area contributed by atoms with E-state index in [9.17, 15) is 14.4 Å². The number of imide groups is 1. The zero-order valence-electron chi connectivity index (χ0n) is 8.49. The topological polar surface area (TPSA) is 131 Å². The van der Waals surface area contributed by atoms with Crippen LogP contribution in [-0.4, -0.2) is 41.5 Å². The van der Waals surface area contributed by atoms with Crippen molar-refractivity contribution in [2.45, 2.75) is 0 Å². The Morgan fingerprint density at radius 2 is 2.18 bits per heavy atom. The van der Waals surface area contributed by atoms with Gasteiger partial charge in [-0.2, -0.15) is 4.68 Å². The largest absolute Gasteiger partial charge is 0.465 e. The van der Waals surface area contributed by atoms with Crippen LogP contribution in [0.1, 0.15) is 10.5 Å². The summed E-state index contributed by atoms with van der Waals surface area (Å²) in [7, 11) is 1.38. The Labute approximate surface area is 92.5 Å². The van der Waals surface area contributed by atoms with Crippen LogP contribution in [0.2, 0.25) is 0 Å². The van der Waals surface area contributed by atoms with Gasteiger partial charge in [-0.25, -0.2) is 19.0 Å². The van der Waals surface area contributed by atoms with E-state index in [1.165, 1.54) is 7.05 Å². The minimum Gasteiger partial charge on any atom is -0.465 e. The number of hydrogen-bond acceptors (Lipinski definition) is 6. The summed E-state index contributed by atoms with van der Waals surface area (Å²) in [4.78, 5) is 36.8. The van der Waals surface area contributed by atoms with E-state index < -0.39 is 17.7 Å². The van der Waals surface area contributed by atoms with E-state index in [-0.39, 0.29) is 11.3 Å². The number of hydrogen-bond donors (Lipinski definition) is 2. The molecule has 0 atom stereocenters. The zero-order valence-corrected chi connectivity index (χ0v) is 8.49. The van der Waals surface area contributed by atoms with Crippen molar-refractivity contribution >= 4 is 17.6 Å². The summed E-state index contributed by atoms with van der Waals surface area (Å²) < 4.78 is 1.94. The predicted octanol–water partition coefficient (Wildman–Crippen LogP) is -1.77. The van der Waals surface area contributed by atoms with Gasteiger partial charge in [0.25, 0.3) is 5.91 Å². The number of nitrogens with one attached hydrogen (secondary N) is 1. The quantitative estimate of drug-likeness (QED) is 0.600. The highest BCUT2D eigenvalue weighted by molar-refractivity contribution is 6.04. The molecular weight excluding hydrogens is 232 g/mol. The van der Waals surface area contributed by atoms with Gasteiger partial charge in [-0.1, -0.05) is 5.21 Å². The molecule has 0 unspecified atom stereocenters. The first-order valence-electron chi connectivity index (χ1n) is 4.32. The number of amides is 2. The SMILES string of the molecule is Cn1nnc2c(C(=O)NC(=O)O)ncn2c1=O. The zero-order chi connectivity index (χ0) is 12.6. The van der Waals surface area contributed by atoms with E-state index >= 15 is 0 Å². The molecule has 17 heavy (non-hydrogen) atoms. The van der Waals surface area contributed by atoms with Crippen molar-refractivity contribution in [3.63, 3.8) is 0 Å². The molecule has 0 aromatic carbocycles. The van der Waals surface area contributed by atoms with Gasteiger partial charge in [0.2, 0.25) is 0 Å². The Kier molecular flexibility index (Phi) is 2.31. The number of nitrogens with zero attached hydrogens (tertiary/aromatic N) is 5. The predicted molar refractivity (Wildman–Crippen MR) is 51.5 cm³/mol. The molecule has 2 N–H and O–H groups in total. The van der Waals surface area contributed by atoms with E-state index in [0.29, 0.717) is 0 Å². The molecule has 10 nitrogen and oxygen atoms in total. The van der Waals surface area contributed by atoms with Gasteiger partial charge in [0.15, 0.2) is 11.3 Å². The van der Waals surface area contributed by atoms with Gasteiger partial charge in [-0.15, -0.1) is 5.10 Å². The molecule has 2 rings (SSSR count). The maximum Gasteiger partial charge on any atom is 0.411 e. The molecule has 2 aromatic heterocycles. The Balaban J connectivity index is 2.58. The van der Waals surface area contributed by atoms with Crippen LogP contribution in [0.5, 0.6) is 0 Å². The third-order valence-electron chi connectivity index (χ3n) is 1.93. The standard InChI is InChI=1S/C7H6N6O4/c1-12-7(17)13-2-8-3(4(13)10-11-12)5(14)9-6(15)16/h2H,1H3,(H,9,14)(H,15,16). The van der Waals surface area contributed by atoms with Gasteiger partial charge >= 0.3 is 11.8 Å². The number of carbonyl (C=O) groups excluding carboxylic acids is 1. The molecule has 0 radical (unpaired) electrons. The number of carboxylic acid groups (broad SMARTS) is 1. The average Bonchev–Trinajstić information content (AvgIpc) is 2.67. The van der Waals surface area contributed by atoms with Gasteiger partial charge in [0.1, 0.15) is 6.33 Å². The summed E-state index contributed by atoms with van der Waals surface area (Å²) in [6, 6.07) is 0. The highest BCUT2D eigenvalue weighted by Gasteiger charge is 2.18. The number of rotatable bonds is 1. The van der Waals surface area contributed by atoms with E-state index in [0.717, 1.165) is 15.4 Å². The highest BCUT2D eigenvalue weighted by atomic mass is 16.4. The molecule has 2 amide bonds. The summed E-state index contributed by atoms with van der Waals surface area (Å²) in [5.41, 5.74) is -0.929. The molecule has 88 valence electrons. The second-order valence-electron chi connectivity index (χ2n) is 3.04. The van der Waals surface area contributed by atoms with Crippen LogP contribution in [0.3, 0.4) is 0 Å². The first kappa shape index (κ1) is 10.7. The van der Waals surface area contributed by atoms with Crippen LogP contribution in [0.4, 0.5) is 4.79 Å². The number of aromatic nitrogens is 5. The van der Waals surface area contributed by atoms with Gasteiger partial charge in [-0.05, 0) is 0 Å². The molecule has 0 bridgehead atoms. The van der Waals surface area contributed by atoms with Crippen molar-refractivity contribution in [1.29, 1.82) is 0 Å². The first-order valence-corrected chi connectivity index (χ1v) is 4.32. The van der Waals surface area contributed by atoms with Crippen molar-refractivity contribution in [2.24, 2.45) is 7.05 Å². The van der Waals surface area contributed by atoms with Crippen molar-refractivity contribution in [2.75, 3.05) is 0 Å². The molecule has 0 aliphatic carbocycles. The lowest BCUT2D eigenvalue weighted by atomic mass is 10.4.